The Morgan fingerprint density at radius 1 is 1.22 bits per heavy atom. The Kier molecular flexibility index (Phi) is 6.87. The Morgan fingerprint density at radius 3 is 2.57 bits per heavy atom. The van der Waals surface area contributed by atoms with Gasteiger partial charge >= 0.3 is 6.03 Å². The zero-order valence-electron chi connectivity index (χ0n) is 12.6. The second-order valence-corrected chi connectivity index (χ2v) is 8.08. The minimum Gasteiger partial charge on any atom is -0.341 e. The van der Waals surface area contributed by atoms with Crippen molar-refractivity contribution in [1.82, 2.24) is 20.8 Å². The van der Waals surface area contributed by atoms with Crippen LogP contribution in [0.25, 0.3) is 0 Å². The molecule has 0 saturated heterocycles. The Labute approximate surface area is 146 Å². The second-order valence-electron chi connectivity index (χ2n) is 4.24. The third-order valence-corrected chi connectivity index (χ3v) is 5.96. The average molecular weight is 369 g/mol. The van der Waals surface area contributed by atoms with Crippen molar-refractivity contribution in [3.63, 3.8) is 0 Å². The highest BCUT2D eigenvalue weighted by atomic mass is 32.2. The van der Waals surface area contributed by atoms with E-state index < -0.39 is 11.3 Å². The highest BCUT2D eigenvalue weighted by molar-refractivity contribution is 8.03. The number of hydrogen-bond donors (Lipinski definition) is 2. The van der Waals surface area contributed by atoms with Crippen molar-refractivity contribution < 1.29 is 9.59 Å². The van der Waals surface area contributed by atoms with Crippen molar-refractivity contribution in [3.8, 4) is 0 Å². The van der Waals surface area contributed by atoms with Crippen LogP contribution >= 0.6 is 34.9 Å². The Bertz CT molecular complexity index is 663. The standard InChI is InChI=1S/C14H16N4O2S3/c1-3-21-13-17-18-14(23-13)22-10(9-7-5-4-6-8-9)11(19)16-12(20)15-2/h4-8,10H,3H2,1-2H3,(H2,15,16,19,20)/t10-/m1/s1. The van der Waals surface area contributed by atoms with Gasteiger partial charge in [-0.1, -0.05) is 72.1 Å². The summed E-state index contributed by atoms with van der Waals surface area (Å²) in [5, 5.41) is 12.3. The van der Waals surface area contributed by atoms with Crippen molar-refractivity contribution in [2.45, 2.75) is 20.9 Å². The fourth-order valence-electron chi connectivity index (χ4n) is 1.67. The van der Waals surface area contributed by atoms with E-state index in [4.69, 9.17) is 0 Å². The molecule has 2 N–H and O–H groups in total. The monoisotopic (exact) mass is 368 g/mol. The zero-order valence-corrected chi connectivity index (χ0v) is 15.1. The fraction of sp³-hybridized carbons (Fsp3) is 0.286. The molecule has 23 heavy (non-hydrogen) atoms. The van der Waals surface area contributed by atoms with Crippen LogP contribution in [-0.4, -0.2) is 34.9 Å². The Balaban J connectivity index is 2.19. The number of amides is 3. The van der Waals surface area contributed by atoms with Crippen LogP contribution < -0.4 is 10.6 Å². The number of nitrogens with one attached hydrogen (secondary N) is 2. The second kappa shape index (κ2) is 8.90. The maximum atomic E-state index is 12.4. The molecule has 0 fully saturated rings. The van der Waals surface area contributed by atoms with E-state index in [1.807, 2.05) is 37.3 Å². The number of urea groups is 1. The van der Waals surface area contributed by atoms with E-state index in [9.17, 15) is 9.59 Å². The molecule has 122 valence electrons. The summed E-state index contributed by atoms with van der Waals surface area (Å²) >= 11 is 4.34. The normalized spacial score (nSPS) is 11.7. The third kappa shape index (κ3) is 5.22. The van der Waals surface area contributed by atoms with E-state index in [-0.39, 0.29) is 5.91 Å². The predicted octanol–water partition coefficient (Wildman–Crippen LogP) is 2.94. The Morgan fingerprint density at radius 2 is 1.91 bits per heavy atom. The molecule has 0 radical (unpaired) electrons. The van der Waals surface area contributed by atoms with Gasteiger partial charge in [-0.2, -0.15) is 0 Å². The summed E-state index contributed by atoms with van der Waals surface area (Å²) in [4.78, 5) is 23.8. The smallest absolute Gasteiger partial charge is 0.321 e. The van der Waals surface area contributed by atoms with E-state index in [0.717, 1.165) is 15.7 Å². The molecular weight excluding hydrogens is 352 g/mol. The quantitative estimate of drug-likeness (QED) is 0.763. The minimum absolute atomic E-state index is 0.388. The highest BCUT2D eigenvalue weighted by Gasteiger charge is 2.25. The van der Waals surface area contributed by atoms with Crippen molar-refractivity contribution in [3.05, 3.63) is 35.9 Å². The van der Waals surface area contributed by atoms with Gasteiger partial charge in [0.2, 0.25) is 5.91 Å². The topological polar surface area (TPSA) is 84.0 Å². The first-order valence-corrected chi connectivity index (χ1v) is 9.52. The van der Waals surface area contributed by atoms with Crippen LogP contribution in [0.2, 0.25) is 0 Å². The first-order chi connectivity index (χ1) is 11.1. The number of aromatic nitrogens is 2. The molecule has 1 aromatic heterocycles. The van der Waals surface area contributed by atoms with Gasteiger partial charge < -0.3 is 5.32 Å². The van der Waals surface area contributed by atoms with Gasteiger partial charge in [-0.15, -0.1) is 10.2 Å². The van der Waals surface area contributed by atoms with Gasteiger partial charge in [0.1, 0.15) is 5.25 Å². The summed E-state index contributed by atoms with van der Waals surface area (Å²) in [6.07, 6.45) is 0. The summed E-state index contributed by atoms with van der Waals surface area (Å²) in [6, 6.07) is 8.76. The van der Waals surface area contributed by atoms with Crippen LogP contribution in [0.5, 0.6) is 0 Å². The number of benzene rings is 1. The fourth-order valence-corrected chi connectivity index (χ4v) is 4.78. The molecule has 1 heterocycles. The van der Waals surface area contributed by atoms with Crippen molar-refractivity contribution in [2.24, 2.45) is 0 Å². The first kappa shape index (κ1) is 17.8. The van der Waals surface area contributed by atoms with E-state index in [1.54, 1.807) is 11.8 Å². The van der Waals surface area contributed by atoms with Crippen molar-refractivity contribution >= 4 is 46.8 Å². The molecule has 0 aliphatic heterocycles. The van der Waals surface area contributed by atoms with Crippen LogP contribution in [0, 0.1) is 0 Å². The molecular formula is C14H16N4O2S3. The maximum absolute atomic E-state index is 12.4. The van der Waals surface area contributed by atoms with Gasteiger partial charge in [-0.05, 0) is 11.3 Å². The number of carbonyl (C=O) groups excluding carboxylic acids is 2. The lowest BCUT2D eigenvalue weighted by atomic mass is 10.1. The molecule has 1 atom stereocenters. The van der Waals surface area contributed by atoms with Crippen LogP contribution in [-0.2, 0) is 4.79 Å². The van der Waals surface area contributed by atoms with E-state index in [2.05, 4.69) is 20.8 Å². The largest absolute Gasteiger partial charge is 0.341 e. The van der Waals surface area contributed by atoms with Crippen molar-refractivity contribution in [2.75, 3.05) is 12.8 Å². The molecule has 0 aliphatic rings. The molecule has 0 unspecified atom stereocenters. The average Bonchev–Trinajstić information content (AvgIpc) is 3.01. The Hall–Kier alpha value is -1.58. The van der Waals surface area contributed by atoms with Crippen LogP contribution in [0.4, 0.5) is 4.79 Å². The number of thioether (sulfide) groups is 2. The maximum Gasteiger partial charge on any atom is 0.321 e. The minimum atomic E-state index is -0.569. The van der Waals surface area contributed by atoms with Crippen LogP contribution in [0.3, 0.4) is 0 Å². The molecule has 0 spiro atoms. The molecule has 1 aromatic carbocycles. The van der Waals surface area contributed by atoms with Crippen molar-refractivity contribution in [1.29, 1.82) is 0 Å². The zero-order chi connectivity index (χ0) is 16.7. The molecule has 6 nitrogen and oxygen atoms in total. The van der Waals surface area contributed by atoms with Gasteiger partial charge in [0.25, 0.3) is 0 Å². The van der Waals surface area contributed by atoms with Gasteiger partial charge in [0.05, 0.1) is 0 Å². The molecule has 0 aliphatic carbocycles. The van der Waals surface area contributed by atoms with E-state index in [1.165, 1.54) is 30.1 Å². The first-order valence-electron chi connectivity index (χ1n) is 6.84. The molecule has 3 amide bonds. The van der Waals surface area contributed by atoms with E-state index >= 15 is 0 Å². The van der Waals surface area contributed by atoms with Gasteiger partial charge in [-0.25, -0.2) is 4.79 Å². The lowest BCUT2D eigenvalue weighted by molar-refractivity contribution is -0.119. The molecule has 2 aromatic rings. The third-order valence-electron chi connectivity index (χ3n) is 2.68. The predicted molar refractivity (Wildman–Crippen MR) is 93.9 cm³/mol. The lowest BCUT2D eigenvalue weighted by Crippen LogP contribution is -2.39. The van der Waals surface area contributed by atoms with Crippen LogP contribution in [0.1, 0.15) is 17.7 Å². The van der Waals surface area contributed by atoms with E-state index in [0.29, 0.717) is 4.34 Å². The highest BCUT2D eigenvalue weighted by Crippen LogP contribution is 2.38. The SMILES string of the molecule is CCSc1nnc(S[C@@H](C(=O)NC(=O)NC)c2ccccc2)s1. The number of hydrogen-bond acceptors (Lipinski definition) is 7. The lowest BCUT2D eigenvalue weighted by Gasteiger charge is -2.14. The number of carbonyl (C=O) groups is 2. The van der Waals surface area contributed by atoms with Gasteiger partial charge in [-0.3, -0.25) is 10.1 Å². The van der Waals surface area contributed by atoms with Gasteiger partial charge in [0, 0.05) is 7.05 Å². The molecule has 2 rings (SSSR count). The number of nitrogens with zero attached hydrogens (tertiary/aromatic N) is 2. The molecule has 0 saturated carbocycles. The number of imide groups is 1. The summed E-state index contributed by atoms with van der Waals surface area (Å²) in [5.74, 6) is 0.527. The molecule has 9 heteroatoms. The molecule has 0 bridgehead atoms. The van der Waals surface area contributed by atoms with Crippen LogP contribution in [0.15, 0.2) is 39.0 Å². The number of rotatable bonds is 6. The summed E-state index contributed by atoms with van der Waals surface area (Å²) in [6.45, 7) is 2.04. The van der Waals surface area contributed by atoms with Gasteiger partial charge in [0.15, 0.2) is 8.68 Å². The summed E-state index contributed by atoms with van der Waals surface area (Å²) < 4.78 is 1.57. The summed E-state index contributed by atoms with van der Waals surface area (Å²) in [5.41, 5.74) is 0.804. The summed E-state index contributed by atoms with van der Waals surface area (Å²) in [7, 11) is 1.46.